The molecule has 0 heterocycles. The molecule has 2 rings (SSSR count). The Bertz CT molecular complexity index is 432. The highest BCUT2D eigenvalue weighted by atomic mass is 19.1. The van der Waals surface area contributed by atoms with E-state index in [9.17, 15) is 4.39 Å². The SMILES string of the molecule is COc1cc(NC2CC=CCC2)c(N)cc1F. The maximum absolute atomic E-state index is 13.4. The lowest BCUT2D eigenvalue weighted by molar-refractivity contribution is 0.387. The predicted octanol–water partition coefficient (Wildman–Crippen LogP) is 2.94. The lowest BCUT2D eigenvalue weighted by Gasteiger charge is -2.22. The molecule has 1 unspecified atom stereocenters. The topological polar surface area (TPSA) is 47.3 Å². The molecular weight excluding hydrogens is 219 g/mol. The van der Waals surface area contributed by atoms with Crippen LogP contribution in [0.2, 0.25) is 0 Å². The van der Waals surface area contributed by atoms with Gasteiger partial charge in [-0.2, -0.15) is 0 Å². The van der Waals surface area contributed by atoms with Crippen molar-refractivity contribution in [1.82, 2.24) is 0 Å². The van der Waals surface area contributed by atoms with Crippen LogP contribution in [-0.4, -0.2) is 13.2 Å². The summed E-state index contributed by atoms with van der Waals surface area (Å²) in [7, 11) is 1.45. The third kappa shape index (κ3) is 2.70. The molecule has 0 bridgehead atoms. The minimum Gasteiger partial charge on any atom is -0.494 e. The van der Waals surface area contributed by atoms with Gasteiger partial charge >= 0.3 is 0 Å². The van der Waals surface area contributed by atoms with Crippen LogP contribution in [-0.2, 0) is 0 Å². The highest BCUT2D eigenvalue weighted by molar-refractivity contribution is 5.69. The van der Waals surface area contributed by atoms with E-state index in [4.69, 9.17) is 10.5 Å². The predicted molar refractivity (Wildman–Crippen MR) is 67.8 cm³/mol. The largest absolute Gasteiger partial charge is 0.494 e. The highest BCUT2D eigenvalue weighted by Crippen LogP contribution is 2.29. The van der Waals surface area contributed by atoms with Gasteiger partial charge < -0.3 is 15.8 Å². The molecule has 0 saturated heterocycles. The number of halogens is 1. The van der Waals surface area contributed by atoms with Gasteiger partial charge in [-0.1, -0.05) is 12.2 Å². The molecule has 1 atom stereocenters. The first-order chi connectivity index (χ1) is 8.20. The molecule has 0 radical (unpaired) electrons. The zero-order valence-electron chi connectivity index (χ0n) is 9.87. The van der Waals surface area contributed by atoms with Gasteiger partial charge in [0.05, 0.1) is 18.5 Å². The minimum absolute atomic E-state index is 0.216. The molecule has 4 heteroatoms. The summed E-state index contributed by atoms with van der Waals surface area (Å²) in [6, 6.07) is 3.26. The molecule has 0 aliphatic heterocycles. The lowest BCUT2D eigenvalue weighted by Crippen LogP contribution is -2.21. The van der Waals surface area contributed by atoms with Crippen molar-refractivity contribution in [2.45, 2.75) is 25.3 Å². The fraction of sp³-hybridized carbons (Fsp3) is 0.385. The summed E-state index contributed by atoms with van der Waals surface area (Å²) < 4.78 is 18.3. The van der Waals surface area contributed by atoms with Gasteiger partial charge in [-0.25, -0.2) is 4.39 Å². The van der Waals surface area contributed by atoms with Gasteiger partial charge in [0.1, 0.15) is 0 Å². The Balaban J connectivity index is 2.17. The molecule has 92 valence electrons. The van der Waals surface area contributed by atoms with E-state index in [0.29, 0.717) is 11.7 Å². The van der Waals surface area contributed by atoms with Crippen molar-refractivity contribution in [2.24, 2.45) is 0 Å². The number of benzene rings is 1. The monoisotopic (exact) mass is 236 g/mol. The van der Waals surface area contributed by atoms with Gasteiger partial charge in [-0.15, -0.1) is 0 Å². The minimum atomic E-state index is -0.431. The summed E-state index contributed by atoms with van der Waals surface area (Å²) in [6.45, 7) is 0. The highest BCUT2D eigenvalue weighted by Gasteiger charge is 2.13. The van der Waals surface area contributed by atoms with Crippen LogP contribution < -0.4 is 15.8 Å². The van der Waals surface area contributed by atoms with E-state index < -0.39 is 5.82 Å². The fourth-order valence-corrected chi connectivity index (χ4v) is 1.99. The number of nitrogen functional groups attached to an aromatic ring is 1. The van der Waals surface area contributed by atoms with Gasteiger partial charge in [0.2, 0.25) is 0 Å². The molecule has 1 aromatic carbocycles. The third-order valence-electron chi connectivity index (χ3n) is 2.95. The van der Waals surface area contributed by atoms with Crippen LogP contribution in [0.25, 0.3) is 0 Å². The number of nitrogens with two attached hydrogens (primary N) is 1. The number of nitrogens with one attached hydrogen (secondary N) is 1. The molecule has 0 saturated carbocycles. The Morgan fingerprint density at radius 3 is 2.88 bits per heavy atom. The number of hydrogen-bond acceptors (Lipinski definition) is 3. The van der Waals surface area contributed by atoms with E-state index in [1.165, 1.54) is 13.2 Å². The lowest BCUT2D eigenvalue weighted by atomic mass is 10.0. The zero-order chi connectivity index (χ0) is 12.3. The quantitative estimate of drug-likeness (QED) is 0.626. The van der Waals surface area contributed by atoms with Crippen molar-refractivity contribution in [2.75, 3.05) is 18.2 Å². The molecule has 0 aromatic heterocycles. The van der Waals surface area contributed by atoms with Crippen molar-refractivity contribution in [3.63, 3.8) is 0 Å². The third-order valence-corrected chi connectivity index (χ3v) is 2.95. The van der Waals surface area contributed by atoms with E-state index in [2.05, 4.69) is 17.5 Å². The summed E-state index contributed by atoms with van der Waals surface area (Å²) in [5.41, 5.74) is 6.94. The summed E-state index contributed by atoms with van der Waals surface area (Å²) in [6.07, 6.45) is 7.43. The van der Waals surface area contributed by atoms with Crippen molar-refractivity contribution in [3.05, 3.63) is 30.1 Å². The molecule has 0 amide bonds. The normalized spacial score (nSPS) is 19.1. The van der Waals surface area contributed by atoms with E-state index in [0.717, 1.165) is 24.9 Å². The second-order valence-electron chi connectivity index (χ2n) is 4.20. The Morgan fingerprint density at radius 1 is 1.41 bits per heavy atom. The number of anilines is 2. The van der Waals surface area contributed by atoms with E-state index in [-0.39, 0.29) is 5.75 Å². The average Bonchev–Trinajstić information content (AvgIpc) is 2.34. The number of allylic oxidation sites excluding steroid dienone is 1. The van der Waals surface area contributed by atoms with Crippen LogP contribution in [0.15, 0.2) is 24.3 Å². The summed E-state index contributed by atoms with van der Waals surface area (Å²) >= 11 is 0. The Kier molecular flexibility index (Phi) is 3.52. The molecule has 3 nitrogen and oxygen atoms in total. The first-order valence-electron chi connectivity index (χ1n) is 5.75. The molecule has 0 fully saturated rings. The van der Waals surface area contributed by atoms with Gasteiger partial charge in [-0.3, -0.25) is 0 Å². The zero-order valence-corrected chi connectivity index (χ0v) is 9.87. The van der Waals surface area contributed by atoms with Crippen LogP contribution >= 0.6 is 0 Å². The van der Waals surface area contributed by atoms with Crippen LogP contribution in [0, 0.1) is 5.82 Å². The molecule has 0 spiro atoms. The second kappa shape index (κ2) is 5.08. The molecule has 3 N–H and O–H groups in total. The van der Waals surface area contributed by atoms with Gasteiger partial charge in [0.25, 0.3) is 0 Å². The number of hydrogen-bond donors (Lipinski definition) is 2. The molecule has 1 aliphatic rings. The average molecular weight is 236 g/mol. The molecule has 1 aliphatic carbocycles. The first kappa shape index (κ1) is 11.8. The van der Waals surface area contributed by atoms with Crippen molar-refractivity contribution in [1.29, 1.82) is 0 Å². The van der Waals surface area contributed by atoms with Gasteiger partial charge in [0, 0.05) is 18.2 Å². The van der Waals surface area contributed by atoms with E-state index in [1.807, 2.05) is 0 Å². The summed E-state index contributed by atoms with van der Waals surface area (Å²) in [4.78, 5) is 0. The summed E-state index contributed by atoms with van der Waals surface area (Å²) in [5.74, 6) is -0.216. The van der Waals surface area contributed by atoms with Crippen molar-refractivity contribution < 1.29 is 9.13 Å². The van der Waals surface area contributed by atoms with Crippen LogP contribution in [0.3, 0.4) is 0 Å². The van der Waals surface area contributed by atoms with E-state index >= 15 is 0 Å². The van der Waals surface area contributed by atoms with Gasteiger partial charge in [-0.05, 0) is 19.3 Å². The summed E-state index contributed by atoms with van der Waals surface area (Å²) in [5, 5.41) is 3.33. The Hall–Kier alpha value is -1.71. The Morgan fingerprint density at radius 2 is 2.24 bits per heavy atom. The second-order valence-corrected chi connectivity index (χ2v) is 4.20. The van der Waals surface area contributed by atoms with Crippen LogP contribution in [0.1, 0.15) is 19.3 Å². The maximum atomic E-state index is 13.4. The number of ether oxygens (including phenoxy) is 1. The smallest absolute Gasteiger partial charge is 0.167 e. The fourth-order valence-electron chi connectivity index (χ4n) is 1.99. The van der Waals surface area contributed by atoms with Crippen molar-refractivity contribution in [3.8, 4) is 5.75 Å². The number of rotatable bonds is 3. The molecule has 1 aromatic rings. The number of methoxy groups -OCH3 is 1. The maximum Gasteiger partial charge on any atom is 0.167 e. The van der Waals surface area contributed by atoms with Gasteiger partial charge in [0.15, 0.2) is 11.6 Å². The standard InChI is InChI=1S/C13H17FN2O/c1-17-13-8-12(11(15)7-10(13)14)16-9-5-3-2-4-6-9/h2-3,7-9,16H,4-6,15H2,1H3. The Labute approximate surface area is 100 Å². The first-order valence-corrected chi connectivity index (χ1v) is 5.75. The van der Waals surface area contributed by atoms with E-state index in [1.54, 1.807) is 6.07 Å². The molecular formula is C13H17FN2O. The van der Waals surface area contributed by atoms with Crippen LogP contribution in [0.5, 0.6) is 5.75 Å². The van der Waals surface area contributed by atoms with Crippen LogP contribution in [0.4, 0.5) is 15.8 Å². The van der Waals surface area contributed by atoms with Crippen molar-refractivity contribution >= 4 is 11.4 Å². The molecule has 17 heavy (non-hydrogen) atoms.